The van der Waals surface area contributed by atoms with E-state index in [2.05, 4.69) is 29.6 Å². The first-order valence-corrected chi connectivity index (χ1v) is 8.03. The summed E-state index contributed by atoms with van der Waals surface area (Å²) in [5.74, 6) is 0.410. The highest BCUT2D eigenvalue weighted by atomic mass is 16.5. The van der Waals surface area contributed by atoms with Crippen LogP contribution in [0.25, 0.3) is 22.0 Å². The quantitative estimate of drug-likeness (QED) is 0.716. The van der Waals surface area contributed by atoms with Gasteiger partial charge in [0, 0.05) is 10.9 Å². The van der Waals surface area contributed by atoms with E-state index in [0.717, 1.165) is 27.6 Å². The first-order valence-electron chi connectivity index (χ1n) is 8.03. The number of fused-ring (bicyclic) bond motifs is 1. The zero-order chi connectivity index (χ0) is 16.9. The molecule has 24 heavy (non-hydrogen) atoms. The van der Waals surface area contributed by atoms with E-state index in [1.807, 2.05) is 37.3 Å². The topological polar surface area (TPSA) is 51.2 Å². The molecule has 0 atom stereocenters. The van der Waals surface area contributed by atoms with Crippen LogP contribution < -0.4 is 5.32 Å². The van der Waals surface area contributed by atoms with E-state index < -0.39 is 0 Å². The maximum atomic E-state index is 11.7. The standard InChI is InChI=1S/C20H20N2O2/c1-3-24-19(23)13-21-20-17-11-14(2)9-10-16(17)12-18(22-20)15-7-5-4-6-8-15/h4-12H,3,13H2,1-2H3,(H,21,22). The third-order valence-electron chi connectivity index (χ3n) is 3.76. The highest BCUT2D eigenvalue weighted by Gasteiger charge is 2.10. The molecule has 0 aliphatic rings. The molecule has 0 radical (unpaired) electrons. The fourth-order valence-electron chi connectivity index (χ4n) is 2.62. The van der Waals surface area contributed by atoms with Crippen molar-refractivity contribution >= 4 is 22.6 Å². The number of aromatic nitrogens is 1. The van der Waals surface area contributed by atoms with Gasteiger partial charge in [0.25, 0.3) is 0 Å². The molecule has 4 nitrogen and oxygen atoms in total. The van der Waals surface area contributed by atoms with Crippen molar-refractivity contribution in [3.8, 4) is 11.3 Å². The summed E-state index contributed by atoms with van der Waals surface area (Å²) in [7, 11) is 0. The number of hydrogen-bond donors (Lipinski definition) is 1. The predicted octanol–water partition coefficient (Wildman–Crippen LogP) is 4.19. The van der Waals surface area contributed by atoms with Crippen LogP contribution in [0.1, 0.15) is 12.5 Å². The SMILES string of the molecule is CCOC(=O)CNc1nc(-c2ccccc2)cc2ccc(C)cc12. The van der Waals surface area contributed by atoms with Crippen LogP contribution in [0.15, 0.2) is 54.6 Å². The van der Waals surface area contributed by atoms with Gasteiger partial charge < -0.3 is 10.1 Å². The Bertz CT molecular complexity index is 860. The average Bonchev–Trinajstić information content (AvgIpc) is 2.60. The normalized spacial score (nSPS) is 10.6. The van der Waals surface area contributed by atoms with Crippen LogP contribution in [0, 0.1) is 6.92 Å². The Hall–Kier alpha value is -2.88. The number of nitrogens with zero attached hydrogens (tertiary/aromatic N) is 1. The molecule has 1 heterocycles. The van der Waals surface area contributed by atoms with Crippen molar-refractivity contribution in [3.63, 3.8) is 0 Å². The van der Waals surface area contributed by atoms with Gasteiger partial charge in [-0.25, -0.2) is 4.98 Å². The van der Waals surface area contributed by atoms with Gasteiger partial charge in [0.05, 0.1) is 12.3 Å². The van der Waals surface area contributed by atoms with Crippen molar-refractivity contribution < 1.29 is 9.53 Å². The summed E-state index contributed by atoms with van der Waals surface area (Å²) in [5, 5.41) is 5.21. The molecule has 122 valence electrons. The summed E-state index contributed by atoms with van der Waals surface area (Å²) >= 11 is 0. The fourth-order valence-corrected chi connectivity index (χ4v) is 2.62. The minimum absolute atomic E-state index is 0.0993. The number of carbonyl (C=O) groups excluding carboxylic acids is 1. The second-order valence-corrected chi connectivity index (χ2v) is 5.61. The Balaban J connectivity index is 2.03. The maximum Gasteiger partial charge on any atom is 0.325 e. The van der Waals surface area contributed by atoms with Crippen molar-refractivity contribution in [3.05, 3.63) is 60.2 Å². The number of benzene rings is 2. The van der Waals surface area contributed by atoms with Crippen molar-refractivity contribution in [2.24, 2.45) is 0 Å². The van der Waals surface area contributed by atoms with Crippen molar-refractivity contribution in [1.82, 2.24) is 4.98 Å². The molecule has 0 unspecified atom stereocenters. The van der Waals surface area contributed by atoms with Crippen molar-refractivity contribution in [2.45, 2.75) is 13.8 Å². The average molecular weight is 320 g/mol. The molecule has 0 bridgehead atoms. The Morgan fingerprint density at radius 2 is 1.92 bits per heavy atom. The number of nitrogens with one attached hydrogen (secondary N) is 1. The van der Waals surface area contributed by atoms with Gasteiger partial charge in [-0.05, 0) is 31.4 Å². The third-order valence-corrected chi connectivity index (χ3v) is 3.76. The second-order valence-electron chi connectivity index (χ2n) is 5.61. The minimum atomic E-state index is -0.287. The minimum Gasteiger partial charge on any atom is -0.465 e. The van der Waals surface area contributed by atoms with E-state index in [0.29, 0.717) is 12.4 Å². The Morgan fingerprint density at radius 3 is 2.67 bits per heavy atom. The van der Waals surface area contributed by atoms with Gasteiger partial charge in [0.15, 0.2) is 0 Å². The summed E-state index contributed by atoms with van der Waals surface area (Å²) in [4.78, 5) is 16.4. The molecule has 0 saturated heterocycles. The predicted molar refractivity (Wildman–Crippen MR) is 97.0 cm³/mol. The molecule has 1 N–H and O–H groups in total. The molecule has 3 rings (SSSR count). The molecule has 0 saturated carbocycles. The lowest BCUT2D eigenvalue weighted by Crippen LogP contribution is -2.17. The van der Waals surface area contributed by atoms with Crippen LogP contribution in [0.2, 0.25) is 0 Å². The van der Waals surface area contributed by atoms with Gasteiger partial charge in [-0.3, -0.25) is 4.79 Å². The highest BCUT2D eigenvalue weighted by molar-refractivity contribution is 5.95. The van der Waals surface area contributed by atoms with Gasteiger partial charge in [-0.15, -0.1) is 0 Å². The number of rotatable bonds is 5. The molecule has 3 aromatic rings. The monoisotopic (exact) mass is 320 g/mol. The first kappa shape index (κ1) is 16.0. The Labute approximate surface area is 141 Å². The lowest BCUT2D eigenvalue weighted by Gasteiger charge is -2.12. The van der Waals surface area contributed by atoms with Crippen LogP contribution in [-0.2, 0) is 9.53 Å². The van der Waals surface area contributed by atoms with E-state index in [1.165, 1.54) is 0 Å². The van der Waals surface area contributed by atoms with Gasteiger partial charge in [0.1, 0.15) is 12.4 Å². The molecular weight excluding hydrogens is 300 g/mol. The number of carbonyl (C=O) groups is 1. The Kier molecular flexibility index (Phi) is 4.75. The summed E-state index contributed by atoms with van der Waals surface area (Å²) in [5.41, 5.74) is 3.06. The van der Waals surface area contributed by atoms with Crippen LogP contribution in [0.4, 0.5) is 5.82 Å². The van der Waals surface area contributed by atoms with Gasteiger partial charge in [-0.2, -0.15) is 0 Å². The summed E-state index contributed by atoms with van der Waals surface area (Å²) in [6, 6.07) is 18.3. The van der Waals surface area contributed by atoms with Gasteiger partial charge in [-0.1, -0.05) is 48.0 Å². The summed E-state index contributed by atoms with van der Waals surface area (Å²) < 4.78 is 4.99. The molecular formula is C20H20N2O2. The lowest BCUT2D eigenvalue weighted by atomic mass is 10.0. The molecule has 0 spiro atoms. The largest absolute Gasteiger partial charge is 0.465 e. The van der Waals surface area contributed by atoms with Gasteiger partial charge in [0.2, 0.25) is 0 Å². The zero-order valence-corrected chi connectivity index (χ0v) is 13.9. The molecule has 2 aromatic carbocycles. The Morgan fingerprint density at radius 1 is 1.12 bits per heavy atom. The molecule has 0 aliphatic heterocycles. The smallest absolute Gasteiger partial charge is 0.325 e. The highest BCUT2D eigenvalue weighted by Crippen LogP contribution is 2.28. The van der Waals surface area contributed by atoms with Crippen LogP contribution in [0.3, 0.4) is 0 Å². The fraction of sp³-hybridized carbons (Fsp3) is 0.200. The number of esters is 1. The van der Waals surface area contributed by atoms with Crippen molar-refractivity contribution in [2.75, 3.05) is 18.5 Å². The summed E-state index contributed by atoms with van der Waals surface area (Å²) in [6.07, 6.45) is 0. The number of ether oxygens (including phenoxy) is 1. The number of pyridine rings is 1. The van der Waals surface area contributed by atoms with Gasteiger partial charge >= 0.3 is 5.97 Å². The molecule has 4 heteroatoms. The van der Waals surface area contributed by atoms with Crippen LogP contribution in [0.5, 0.6) is 0 Å². The lowest BCUT2D eigenvalue weighted by molar-refractivity contribution is -0.140. The molecule has 0 aliphatic carbocycles. The van der Waals surface area contributed by atoms with E-state index in [-0.39, 0.29) is 12.5 Å². The molecule has 1 aromatic heterocycles. The van der Waals surface area contributed by atoms with Crippen LogP contribution in [-0.4, -0.2) is 24.1 Å². The molecule has 0 amide bonds. The van der Waals surface area contributed by atoms with E-state index >= 15 is 0 Å². The second kappa shape index (κ2) is 7.13. The van der Waals surface area contributed by atoms with Crippen molar-refractivity contribution in [1.29, 1.82) is 0 Å². The maximum absolute atomic E-state index is 11.7. The first-order chi connectivity index (χ1) is 11.7. The van der Waals surface area contributed by atoms with E-state index in [1.54, 1.807) is 6.92 Å². The number of aryl methyl sites for hydroxylation is 1. The third kappa shape index (κ3) is 3.54. The number of anilines is 1. The van der Waals surface area contributed by atoms with Crippen LogP contribution >= 0.6 is 0 Å². The van der Waals surface area contributed by atoms with E-state index in [9.17, 15) is 4.79 Å². The van der Waals surface area contributed by atoms with E-state index in [4.69, 9.17) is 9.72 Å². The zero-order valence-electron chi connectivity index (χ0n) is 13.9. The molecule has 0 fully saturated rings. The number of hydrogen-bond acceptors (Lipinski definition) is 4. The summed E-state index contributed by atoms with van der Waals surface area (Å²) in [6.45, 7) is 4.31.